The van der Waals surface area contributed by atoms with E-state index in [0.29, 0.717) is 18.2 Å². The monoisotopic (exact) mass is 184 g/mol. The fourth-order valence-electron chi connectivity index (χ4n) is 0.966. The summed E-state index contributed by atoms with van der Waals surface area (Å²) in [6.07, 6.45) is 0. The molecule has 0 bridgehead atoms. The molecule has 0 fully saturated rings. The molecule has 6 nitrogen and oxygen atoms in total. The minimum absolute atomic E-state index is 0.113. The molecule has 0 aliphatic carbocycles. The highest BCUT2D eigenvalue weighted by Crippen LogP contribution is 2.30. The molecule has 0 saturated heterocycles. The Bertz CT molecular complexity index is 348. The van der Waals surface area contributed by atoms with Crippen molar-refractivity contribution in [2.75, 3.05) is 5.43 Å². The molecule has 12 heavy (non-hydrogen) atoms. The standard InChI is InChI=1S/C5H5ClN6/c6-5-9-3(11-7)2-1-8-12-4(2)10-5/h1,7H2,(H,9,10,11). The van der Waals surface area contributed by atoms with Crippen LogP contribution in [-0.2, 0) is 6.54 Å². The summed E-state index contributed by atoms with van der Waals surface area (Å²) in [5.74, 6) is 6.18. The van der Waals surface area contributed by atoms with Crippen LogP contribution in [0.3, 0.4) is 0 Å². The minimum Gasteiger partial charge on any atom is -0.308 e. The number of hydrogen-bond acceptors (Lipinski definition) is 6. The zero-order valence-corrected chi connectivity index (χ0v) is 6.71. The van der Waals surface area contributed by atoms with Crippen LogP contribution in [0.1, 0.15) is 5.56 Å². The van der Waals surface area contributed by atoms with Gasteiger partial charge in [0.25, 0.3) is 0 Å². The first-order valence-corrected chi connectivity index (χ1v) is 3.59. The van der Waals surface area contributed by atoms with Crippen LogP contribution in [0.15, 0.2) is 10.2 Å². The summed E-state index contributed by atoms with van der Waals surface area (Å²) in [6.45, 7) is 0.450. The second-order valence-corrected chi connectivity index (χ2v) is 2.53. The molecule has 0 amide bonds. The maximum atomic E-state index is 5.59. The molecule has 2 heterocycles. The summed E-state index contributed by atoms with van der Waals surface area (Å²) in [5, 5.41) is 7.65. The lowest BCUT2D eigenvalue weighted by molar-refractivity contribution is 1.03. The third kappa shape index (κ3) is 1.01. The van der Waals surface area contributed by atoms with Crippen molar-refractivity contribution in [3.05, 3.63) is 10.8 Å². The van der Waals surface area contributed by atoms with Crippen molar-refractivity contribution in [1.29, 1.82) is 0 Å². The Hall–Kier alpha value is -1.27. The number of nitrogens with two attached hydrogens (primary N) is 1. The van der Waals surface area contributed by atoms with Crippen LogP contribution in [0.25, 0.3) is 0 Å². The topological polar surface area (TPSA) is 88.5 Å². The molecule has 2 rings (SSSR count). The summed E-state index contributed by atoms with van der Waals surface area (Å²) >= 11 is 5.59. The molecule has 7 heteroatoms. The number of nitrogens with zero attached hydrogens (tertiary/aromatic N) is 4. The predicted molar refractivity (Wildman–Crippen MR) is 43.1 cm³/mol. The normalized spacial score (nSPS) is 13.2. The molecular weight excluding hydrogens is 180 g/mol. The third-order valence-electron chi connectivity index (χ3n) is 1.49. The summed E-state index contributed by atoms with van der Waals surface area (Å²) < 4.78 is 0. The fraction of sp³-hybridized carbons (Fsp3) is 0.200. The zero-order valence-electron chi connectivity index (χ0n) is 5.95. The van der Waals surface area contributed by atoms with Crippen LogP contribution < -0.4 is 11.3 Å². The van der Waals surface area contributed by atoms with Crippen LogP contribution >= 0.6 is 11.6 Å². The second-order valence-electron chi connectivity index (χ2n) is 2.19. The van der Waals surface area contributed by atoms with Crippen LogP contribution in [0, 0.1) is 0 Å². The van der Waals surface area contributed by atoms with E-state index in [1.807, 2.05) is 0 Å². The van der Waals surface area contributed by atoms with Crippen molar-refractivity contribution in [2.45, 2.75) is 6.54 Å². The predicted octanol–water partition coefficient (Wildman–Crippen LogP) is 1.01. The maximum absolute atomic E-state index is 5.59. The maximum Gasteiger partial charge on any atom is 0.226 e. The summed E-state index contributed by atoms with van der Waals surface area (Å²) in [6, 6.07) is 0. The van der Waals surface area contributed by atoms with Gasteiger partial charge in [-0.1, -0.05) is 0 Å². The number of halogens is 1. The van der Waals surface area contributed by atoms with Gasteiger partial charge < -0.3 is 5.43 Å². The first-order chi connectivity index (χ1) is 5.81. The zero-order chi connectivity index (χ0) is 8.55. The summed E-state index contributed by atoms with van der Waals surface area (Å²) in [7, 11) is 0. The van der Waals surface area contributed by atoms with Gasteiger partial charge in [-0.25, -0.2) is 5.84 Å². The number of aromatic nitrogens is 2. The lowest BCUT2D eigenvalue weighted by Gasteiger charge is -2.02. The molecule has 0 saturated carbocycles. The molecule has 3 N–H and O–H groups in total. The van der Waals surface area contributed by atoms with Crippen molar-refractivity contribution < 1.29 is 0 Å². The average molecular weight is 185 g/mol. The molecule has 1 aromatic heterocycles. The van der Waals surface area contributed by atoms with Gasteiger partial charge in [0.05, 0.1) is 12.1 Å². The highest BCUT2D eigenvalue weighted by Gasteiger charge is 2.16. The van der Waals surface area contributed by atoms with E-state index in [1.165, 1.54) is 0 Å². The molecule has 1 aliphatic rings. The first-order valence-electron chi connectivity index (χ1n) is 3.22. The van der Waals surface area contributed by atoms with E-state index in [2.05, 4.69) is 25.6 Å². The van der Waals surface area contributed by atoms with E-state index < -0.39 is 0 Å². The van der Waals surface area contributed by atoms with Gasteiger partial charge in [0.2, 0.25) is 5.28 Å². The van der Waals surface area contributed by atoms with Crippen LogP contribution in [-0.4, -0.2) is 9.97 Å². The molecule has 62 valence electrons. The molecule has 0 aromatic carbocycles. The Kier molecular flexibility index (Phi) is 1.63. The molecule has 1 aromatic rings. The molecule has 0 atom stereocenters. The summed E-state index contributed by atoms with van der Waals surface area (Å²) in [5.41, 5.74) is 3.19. The van der Waals surface area contributed by atoms with Gasteiger partial charge in [0.15, 0.2) is 11.6 Å². The number of nitrogen functional groups attached to an aromatic ring is 1. The average Bonchev–Trinajstić information content (AvgIpc) is 2.50. The van der Waals surface area contributed by atoms with E-state index >= 15 is 0 Å². The van der Waals surface area contributed by atoms with E-state index in [9.17, 15) is 0 Å². The van der Waals surface area contributed by atoms with Gasteiger partial charge >= 0.3 is 0 Å². The smallest absolute Gasteiger partial charge is 0.226 e. The highest BCUT2D eigenvalue weighted by molar-refractivity contribution is 6.28. The number of fused-ring (bicyclic) bond motifs is 1. The molecule has 0 unspecified atom stereocenters. The van der Waals surface area contributed by atoms with Crippen molar-refractivity contribution in [2.24, 2.45) is 16.1 Å². The quantitative estimate of drug-likeness (QED) is 0.387. The molecular formula is C5H5ClN6. The lowest BCUT2D eigenvalue weighted by Crippen LogP contribution is -2.11. The number of hydrogen-bond donors (Lipinski definition) is 2. The van der Waals surface area contributed by atoms with Gasteiger partial charge in [-0.2, -0.15) is 15.1 Å². The van der Waals surface area contributed by atoms with Gasteiger partial charge in [0, 0.05) is 0 Å². The number of hydrazine groups is 1. The van der Waals surface area contributed by atoms with Gasteiger partial charge in [-0.3, -0.25) is 0 Å². The van der Waals surface area contributed by atoms with Crippen molar-refractivity contribution >= 4 is 23.2 Å². The van der Waals surface area contributed by atoms with Crippen molar-refractivity contribution in [1.82, 2.24) is 9.97 Å². The third-order valence-corrected chi connectivity index (χ3v) is 1.66. The highest BCUT2D eigenvalue weighted by atomic mass is 35.5. The van der Waals surface area contributed by atoms with Crippen molar-refractivity contribution in [3.63, 3.8) is 0 Å². The van der Waals surface area contributed by atoms with Crippen LogP contribution in [0.4, 0.5) is 11.6 Å². The Morgan fingerprint density at radius 1 is 1.42 bits per heavy atom. The van der Waals surface area contributed by atoms with Crippen molar-refractivity contribution in [3.8, 4) is 0 Å². The largest absolute Gasteiger partial charge is 0.308 e. The second kappa shape index (κ2) is 2.65. The fourth-order valence-corrected chi connectivity index (χ4v) is 1.13. The molecule has 1 aliphatic heterocycles. The Morgan fingerprint density at radius 3 is 3.00 bits per heavy atom. The van der Waals surface area contributed by atoms with E-state index in [0.717, 1.165) is 5.56 Å². The number of azo groups is 1. The summed E-state index contributed by atoms with van der Waals surface area (Å²) in [4.78, 5) is 7.72. The Balaban J connectivity index is 2.59. The molecule has 0 radical (unpaired) electrons. The number of rotatable bonds is 1. The first kappa shape index (κ1) is 7.38. The number of nitrogens with one attached hydrogen (secondary N) is 1. The number of anilines is 1. The van der Waals surface area contributed by atoms with E-state index in [4.69, 9.17) is 17.4 Å². The van der Waals surface area contributed by atoms with Crippen LogP contribution in [0.2, 0.25) is 5.28 Å². The Labute approximate surface area is 72.8 Å². The van der Waals surface area contributed by atoms with Gasteiger partial charge in [-0.05, 0) is 11.6 Å². The van der Waals surface area contributed by atoms with E-state index in [-0.39, 0.29) is 5.28 Å². The van der Waals surface area contributed by atoms with Gasteiger partial charge in [0.1, 0.15) is 0 Å². The van der Waals surface area contributed by atoms with Gasteiger partial charge in [-0.15, -0.1) is 5.11 Å². The molecule has 0 spiro atoms. The Morgan fingerprint density at radius 2 is 2.25 bits per heavy atom. The SMILES string of the molecule is NNc1nc(Cl)nc2c1CN=N2. The van der Waals surface area contributed by atoms with E-state index in [1.54, 1.807) is 0 Å². The van der Waals surface area contributed by atoms with Crippen LogP contribution in [0.5, 0.6) is 0 Å². The minimum atomic E-state index is 0.113. The lowest BCUT2D eigenvalue weighted by atomic mass is 10.3.